The van der Waals surface area contributed by atoms with Crippen LogP contribution in [0.4, 0.5) is 0 Å². The van der Waals surface area contributed by atoms with Crippen LogP contribution in [0.5, 0.6) is 0 Å². The van der Waals surface area contributed by atoms with Gasteiger partial charge in [-0.05, 0) is 6.92 Å². The van der Waals surface area contributed by atoms with Gasteiger partial charge in [0.25, 0.3) is 15.8 Å². The van der Waals surface area contributed by atoms with Gasteiger partial charge in [-0.25, -0.2) is 4.98 Å². The molecule has 0 unspecified atom stereocenters. The molecule has 1 aromatic rings. The predicted molar refractivity (Wildman–Crippen MR) is 81.2 cm³/mol. The zero-order valence-electron chi connectivity index (χ0n) is 12.9. The van der Waals surface area contributed by atoms with Crippen LogP contribution in [0.15, 0.2) is 10.9 Å². The maximum atomic E-state index is 12.7. The molecule has 10 heteroatoms. The number of H-pyrrole nitrogens is 1. The lowest BCUT2D eigenvalue weighted by Gasteiger charge is -2.36. The van der Waals surface area contributed by atoms with Crippen LogP contribution in [0, 0.1) is 6.92 Å². The number of aromatic nitrogens is 2. The molecule has 0 saturated carbocycles. The molecule has 0 aliphatic carbocycles. The van der Waals surface area contributed by atoms with Crippen molar-refractivity contribution in [2.75, 3.05) is 46.0 Å². The number of hydrogen-bond donors (Lipinski definition) is 1. The van der Waals surface area contributed by atoms with Crippen molar-refractivity contribution in [1.29, 1.82) is 0 Å². The summed E-state index contributed by atoms with van der Waals surface area (Å²) in [5.41, 5.74) is 0.178. The Kier molecular flexibility index (Phi) is 4.78. The molecule has 23 heavy (non-hydrogen) atoms. The SMILES string of the molecule is Cc1nc([C@H]2CN(S(=O)(=O)N3CCOCC3)CCO2)cc(=O)[nH]1. The standard InChI is InChI=1S/C13H20N4O5S/c1-10-14-11(8-13(18)15-10)12-9-17(4-7-22-12)23(19,20)16-2-5-21-6-3-16/h8,12H,2-7,9H2,1H3,(H,14,15,18)/t12-/m1/s1. The van der Waals surface area contributed by atoms with Crippen molar-refractivity contribution < 1.29 is 17.9 Å². The Morgan fingerprint density at radius 3 is 2.61 bits per heavy atom. The summed E-state index contributed by atoms with van der Waals surface area (Å²) in [5.74, 6) is 0.476. The van der Waals surface area contributed by atoms with E-state index in [2.05, 4.69) is 9.97 Å². The Morgan fingerprint density at radius 1 is 1.22 bits per heavy atom. The molecular formula is C13H20N4O5S. The van der Waals surface area contributed by atoms with Crippen LogP contribution in [-0.4, -0.2) is 73.0 Å². The second-order valence-corrected chi connectivity index (χ2v) is 7.42. The monoisotopic (exact) mass is 344 g/mol. The molecule has 1 N–H and O–H groups in total. The Labute approximate surface area is 134 Å². The number of aryl methyl sites for hydroxylation is 1. The minimum Gasteiger partial charge on any atom is -0.379 e. The lowest BCUT2D eigenvalue weighted by atomic mass is 10.2. The molecular weight excluding hydrogens is 324 g/mol. The van der Waals surface area contributed by atoms with Crippen molar-refractivity contribution in [3.8, 4) is 0 Å². The van der Waals surface area contributed by atoms with Gasteiger partial charge in [-0.1, -0.05) is 0 Å². The number of ether oxygens (including phenoxy) is 2. The topological polar surface area (TPSA) is 105 Å². The highest BCUT2D eigenvalue weighted by Gasteiger charge is 2.35. The lowest BCUT2D eigenvalue weighted by molar-refractivity contribution is -0.00864. The Hall–Kier alpha value is -1.33. The number of rotatable bonds is 3. The highest BCUT2D eigenvalue weighted by molar-refractivity contribution is 7.86. The molecule has 9 nitrogen and oxygen atoms in total. The summed E-state index contributed by atoms with van der Waals surface area (Å²) in [4.78, 5) is 18.4. The molecule has 0 spiro atoms. The fraction of sp³-hybridized carbons (Fsp3) is 0.692. The summed E-state index contributed by atoms with van der Waals surface area (Å²) in [6.45, 7) is 3.90. The second-order valence-electron chi connectivity index (χ2n) is 5.49. The molecule has 1 atom stereocenters. The molecule has 0 bridgehead atoms. The average Bonchev–Trinajstić information content (AvgIpc) is 2.55. The summed E-state index contributed by atoms with van der Waals surface area (Å²) in [7, 11) is -3.55. The van der Waals surface area contributed by atoms with Crippen molar-refractivity contribution in [3.05, 3.63) is 27.9 Å². The Balaban J connectivity index is 1.78. The summed E-state index contributed by atoms with van der Waals surface area (Å²) >= 11 is 0. The van der Waals surface area contributed by atoms with E-state index in [1.165, 1.54) is 14.7 Å². The minimum atomic E-state index is -3.55. The highest BCUT2D eigenvalue weighted by atomic mass is 32.2. The molecule has 3 heterocycles. The fourth-order valence-corrected chi connectivity index (χ4v) is 4.29. The first-order valence-corrected chi connectivity index (χ1v) is 8.89. The number of nitrogens with zero attached hydrogens (tertiary/aromatic N) is 3. The van der Waals surface area contributed by atoms with E-state index in [0.29, 0.717) is 44.4 Å². The third kappa shape index (κ3) is 3.61. The van der Waals surface area contributed by atoms with Crippen LogP contribution in [0.1, 0.15) is 17.6 Å². The van der Waals surface area contributed by atoms with Gasteiger partial charge in [-0.3, -0.25) is 4.79 Å². The van der Waals surface area contributed by atoms with E-state index in [-0.39, 0.29) is 18.7 Å². The smallest absolute Gasteiger partial charge is 0.282 e. The summed E-state index contributed by atoms with van der Waals surface area (Å²) in [6, 6.07) is 1.35. The van der Waals surface area contributed by atoms with Crippen LogP contribution in [0.2, 0.25) is 0 Å². The molecule has 3 rings (SSSR count). The minimum absolute atomic E-state index is 0.148. The van der Waals surface area contributed by atoms with E-state index < -0.39 is 16.3 Å². The summed E-state index contributed by atoms with van der Waals surface area (Å²) < 4.78 is 39.1. The van der Waals surface area contributed by atoms with Crippen molar-refractivity contribution in [2.24, 2.45) is 0 Å². The Morgan fingerprint density at radius 2 is 1.91 bits per heavy atom. The fourth-order valence-electron chi connectivity index (χ4n) is 2.72. The maximum absolute atomic E-state index is 12.7. The maximum Gasteiger partial charge on any atom is 0.282 e. The van der Waals surface area contributed by atoms with Crippen molar-refractivity contribution in [2.45, 2.75) is 13.0 Å². The van der Waals surface area contributed by atoms with Gasteiger partial charge >= 0.3 is 0 Å². The molecule has 0 aromatic carbocycles. The van der Waals surface area contributed by atoms with Gasteiger partial charge in [0, 0.05) is 32.2 Å². The number of morpholine rings is 2. The molecule has 2 aliphatic rings. The van der Waals surface area contributed by atoms with Gasteiger partial charge in [0.1, 0.15) is 11.9 Å². The molecule has 0 radical (unpaired) electrons. The molecule has 1 aromatic heterocycles. The number of hydrogen-bond acceptors (Lipinski definition) is 6. The van der Waals surface area contributed by atoms with Crippen molar-refractivity contribution >= 4 is 10.2 Å². The molecule has 128 valence electrons. The predicted octanol–water partition coefficient (Wildman–Crippen LogP) is -0.971. The van der Waals surface area contributed by atoms with E-state index in [9.17, 15) is 13.2 Å². The van der Waals surface area contributed by atoms with E-state index in [0.717, 1.165) is 0 Å². The van der Waals surface area contributed by atoms with Crippen LogP contribution in [0.3, 0.4) is 0 Å². The zero-order chi connectivity index (χ0) is 16.4. The van der Waals surface area contributed by atoms with Gasteiger partial charge in [-0.15, -0.1) is 0 Å². The third-order valence-corrected chi connectivity index (χ3v) is 5.86. The van der Waals surface area contributed by atoms with E-state index in [4.69, 9.17) is 9.47 Å². The van der Waals surface area contributed by atoms with Gasteiger partial charge in [-0.2, -0.15) is 17.0 Å². The first kappa shape index (κ1) is 16.5. The van der Waals surface area contributed by atoms with Crippen LogP contribution in [0.25, 0.3) is 0 Å². The van der Waals surface area contributed by atoms with E-state index in [1.807, 2.05) is 0 Å². The second kappa shape index (κ2) is 6.65. The van der Waals surface area contributed by atoms with Crippen LogP contribution >= 0.6 is 0 Å². The molecule has 2 saturated heterocycles. The molecule has 2 aliphatic heterocycles. The van der Waals surface area contributed by atoms with Gasteiger partial charge < -0.3 is 14.5 Å². The normalized spacial score (nSPS) is 24.7. The molecule has 2 fully saturated rings. The van der Waals surface area contributed by atoms with Gasteiger partial charge in [0.2, 0.25) is 0 Å². The van der Waals surface area contributed by atoms with Crippen molar-refractivity contribution in [1.82, 2.24) is 18.6 Å². The zero-order valence-corrected chi connectivity index (χ0v) is 13.7. The van der Waals surface area contributed by atoms with Crippen LogP contribution in [-0.2, 0) is 19.7 Å². The van der Waals surface area contributed by atoms with Crippen molar-refractivity contribution in [3.63, 3.8) is 0 Å². The highest BCUT2D eigenvalue weighted by Crippen LogP contribution is 2.23. The number of aromatic amines is 1. The van der Waals surface area contributed by atoms with E-state index >= 15 is 0 Å². The summed E-state index contributed by atoms with van der Waals surface area (Å²) in [5, 5.41) is 0. The summed E-state index contributed by atoms with van der Waals surface area (Å²) in [6.07, 6.45) is -0.541. The molecule has 0 amide bonds. The van der Waals surface area contributed by atoms with Gasteiger partial charge in [0.05, 0.1) is 25.5 Å². The van der Waals surface area contributed by atoms with Crippen LogP contribution < -0.4 is 5.56 Å². The largest absolute Gasteiger partial charge is 0.379 e. The van der Waals surface area contributed by atoms with Gasteiger partial charge in [0.15, 0.2) is 0 Å². The third-order valence-electron chi connectivity index (χ3n) is 3.86. The Bertz CT molecular complexity index is 713. The first-order valence-electron chi connectivity index (χ1n) is 7.49. The number of nitrogens with one attached hydrogen (secondary N) is 1. The average molecular weight is 344 g/mol. The van der Waals surface area contributed by atoms with E-state index in [1.54, 1.807) is 6.92 Å². The lowest BCUT2D eigenvalue weighted by Crippen LogP contribution is -2.52. The quantitative estimate of drug-likeness (QED) is 0.756. The first-order chi connectivity index (χ1) is 11.0.